The van der Waals surface area contributed by atoms with Crippen molar-refractivity contribution in [2.24, 2.45) is 5.10 Å². The van der Waals surface area contributed by atoms with Gasteiger partial charge in [0.25, 0.3) is 0 Å². The third kappa shape index (κ3) is 4.87. The number of pyridine rings is 1. The molecule has 3 aromatic carbocycles. The Hall–Kier alpha value is -3.78. The third-order valence-corrected chi connectivity index (χ3v) is 5.09. The maximum atomic E-state index is 11.1. The van der Waals surface area contributed by atoms with E-state index in [0.29, 0.717) is 17.9 Å². The number of anilines is 1. The Kier molecular flexibility index (Phi) is 6.18. The number of ether oxygens (including phenoxy) is 1. The van der Waals surface area contributed by atoms with Gasteiger partial charge < -0.3 is 4.74 Å². The highest BCUT2D eigenvalue weighted by atomic mass is 79.9. The molecule has 1 aromatic heterocycles. The van der Waals surface area contributed by atoms with Crippen LogP contribution in [0, 0.1) is 10.1 Å². The number of nitrogens with zero attached hydrogens (tertiary/aromatic N) is 3. The largest absolute Gasteiger partial charge is 0.488 e. The first kappa shape index (κ1) is 20.5. The van der Waals surface area contributed by atoms with Crippen LogP contribution in [0.4, 0.5) is 11.5 Å². The molecule has 0 unspecified atom stereocenters. The van der Waals surface area contributed by atoms with E-state index in [0.717, 1.165) is 20.8 Å². The maximum Gasteiger partial charge on any atom is 0.313 e. The van der Waals surface area contributed by atoms with E-state index >= 15 is 0 Å². The van der Waals surface area contributed by atoms with Crippen molar-refractivity contribution in [2.45, 2.75) is 6.61 Å². The van der Waals surface area contributed by atoms with Crippen molar-refractivity contribution in [1.82, 2.24) is 4.98 Å². The van der Waals surface area contributed by atoms with Gasteiger partial charge in [-0.25, -0.2) is 4.98 Å². The lowest BCUT2D eigenvalue weighted by Gasteiger charge is -2.11. The molecule has 0 amide bonds. The Morgan fingerprint density at radius 3 is 2.81 bits per heavy atom. The Bertz CT molecular complexity index is 1270. The van der Waals surface area contributed by atoms with Gasteiger partial charge in [0.1, 0.15) is 12.4 Å². The van der Waals surface area contributed by atoms with Crippen LogP contribution in [0.25, 0.3) is 10.8 Å². The van der Waals surface area contributed by atoms with Crippen LogP contribution < -0.4 is 10.2 Å². The predicted molar refractivity (Wildman–Crippen MR) is 125 cm³/mol. The van der Waals surface area contributed by atoms with Crippen LogP contribution in [0.5, 0.6) is 5.75 Å². The first-order valence-electron chi connectivity index (χ1n) is 9.39. The van der Waals surface area contributed by atoms with E-state index < -0.39 is 4.92 Å². The SMILES string of the molecule is O=[N+]([O-])c1cccnc1NN=Cc1cc(Br)ccc1OCc1cccc2ccccc12. The summed E-state index contributed by atoms with van der Waals surface area (Å²) in [5.41, 5.74) is 4.27. The van der Waals surface area contributed by atoms with Crippen molar-refractivity contribution in [3.63, 3.8) is 0 Å². The van der Waals surface area contributed by atoms with Crippen LogP contribution in [0.15, 0.2) is 88.6 Å². The Labute approximate surface area is 186 Å². The molecule has 0 radical (unpaired) electrons. The summed E-state index contributed by atoms with van der Waals surface area (Å²) in [6, 6.07) is 22.7. The molecule has 0 bridgehead atoms. The van der Waals surface area contributed by atoms with Crippen LogP contribution in [0.3, 0.4) is 0 Å². The average molecular weight is 477 g/mol. The molecule has 4 aromatic rings. The van der Waals surface area contributed by atoms with E-state index in [1.54, 1.807) is 6.21 Å². The maximum absolute atomic E-state index is 11.1. The van der Waals surface area contributed by atoms with Gasteiger partial charge in [-0.1, -0.05) is 58.4 Å². The minimum atomic E-state index is -0.511. The highest BCUT2D eigenvalue weighted by molar-refractivity contribution is 9.10. The molecular formula is C23H17BrN4O3. The summed E-state index contributed by atoms with van der Waals surface area (Å²) in [6.45, 7) is 0.392. The van der Waals surface area contributed by atoms with Gasteiger partial charge in [-0.2, -0.15) is 5.10 Å². The van der Waals surface area contributed by atoms with Gasteiger partial charge in [-0.15, -0.1) is 0 Å². The second-order valence-electron chi connectivity index (χ2n) is 6.61. The summed E-state index contributed by atoms with van der Waals surface area (Å²) in [5.74, 6) is 0.703. The Morgan fingerprint density at radius 2 is 1.94 bits per heavy atom. The lowest BCUT2D eigenvalue weighted by molar-refractivity contribution is -0.384. The molecular weight excluding hydrogens is 460 g/mol. The molecule has 31 heavy (non-hydrogen) atoms. The Balaban J connectivity index is 1.54. The number of hydrogen-bond acceptors (Lipinski definition) is 6. The monoisotopic (exact) mass is 476 g/mol. The van der Waals surface area contributed by atoms with E-state index in [2.05, 4.69) is 49.6 Å². The van der Waals surface area contributed by atoms with E-state index in [1.165, 1.54) is 18.3 Å². The predicted octanol–water partition coefficient (Wildman–Crippen LogP) is 5.93. The van der Waals surface area contributed by atoms with Crippen LogP contribution in [-0.4, -0.2) is 16.1 Å². The molecule has 1 N–H and O–H groups in total. The number of nitro groups is 1. The fourth-order valence-electron chi connectivity index (χ4n) is 3.12. The standard InChI is InChI=1S/C23H17BrN4O3/c24-19-10-11-22(31-15-17-7-3-6-16-5-1-2-8-20(16)17)18(13-19)14-26-27-23-21(28(29)30)9-4-12-25-23/h1-14H,15H2,(H,25,27). The van der Waals surface area contributed by atoms with E-state index in [9.17, 15) is 10.1 Å². The van der Waals surface area contributed by atoms with E-state index in [1.807, 2.05) is 42.5 Å². The summed E-state index contributed by atoms with van der Waals surface area (Å²) in [6.07, 6.45) is 3.00. The molecule has 154 valence electrons. The van der Waals surface area contributed by atoms with Crippen molar-refractivity contribution in [2.75, 3.05) is 5.43 Å². The van der Waals surface area contributed by atoms with Crippen LogP contribution in [0.2, 0.25) is 0 Å². The first-order valence-corrected chi connectivity index (χ1v) is 10.2. The van der Waals surface area contributed by atoms with Crippen molar-refractivity contribution in [3.05, 3.63) is 105 Å². The lowest BCUT2D eigenvalue weighted by atomic mass is 10.1. The number of fused-ring (bicyclic) bond motifs is 1. The highest BCUT2D eigenvalue weighted by Crippen LogP contribution is 2.25. The molecule has 7 nitrogen and oxygen atoms in total. The summed E-state index contributed by atoms with van der Waals surface area (Å²) in [5, 5.41) is 17.5. The molecule has 0 aliphatic carbocycles. The zero-order chi connectivity index (χ0) is 21.6. The quantitative estimate of drug-likeness (QED) is 0.202. The summed E-state index contributed by atoms with van der Waals surface area (Å²) >= 11 is 3.45. The summed E-state index contributed by atoms with van der Waals surface area (Å²) in [4.78, 5) is 14.6. The molecule has 0 aliphatic rings. The lowest BCUT2D eigenvalue weighted by Crippen LogP contribution is -2.01. The van der Waals surface area contributed by atoms with Gasteiger partial charge >= 0.3 is 5.69 Å². The van der Waals surface area contributed by atoms with Crippen LogP contribution >= 0.6 is 15.9 Å². The molecule has 0 saturated heterocycles. The molecule has 0 fully saturated rings. The van der Waals surface area contributed by atoms with Crippen LogP contribution in [-0.2, 0) is 6.61 Å². The number of benzene rings is 3. The van der Waals surface area contributed by atoms with Crippen molar-refractivity contribution >= 4 is 44.4 Å². The highest BCUT2D eigenvalue weighted by Gasteiger charge is 2.13. The van der Waals surface area contributed by atoms with E-state index in [4.69, 9.17) is 4.74 Å². The number of nitrogens with one attached hydrogen (secondary N) is 1. The third-order valence-electron chi connectivity index (χ3n) is 4.59. The fourth-order valence-corrected chi connectivity index (χ4v) is 3.50. The second-order valence-corrected chi connectivity index (χ2v) is 7.52. The summed E-state index contributed by atoms with van der Waals surface area (Å²) in [7, 11) is 0. The smallest absolute Gasteiger partial charge is 0.313 e. The first-order chi connectivity index (χ1) is 15.1. The Morgan fingerprint density at radius 1 is 1.10 bits per heavy atom. The van der Waals surface area contributed by atoms with Crippen molar-refractivity contribution in [3.8, 4) is 5.75 Å². The molecule has 0 atom stereocenters. The van der Waals surface area contributed by atoms with Crippen molar-refractivity contribution < 1.29 is 9.66 Å². The molecule has 4 rings (SSSR count). The minimum Gasteiger partial charge on any atom is -0.488 e. The molecule has 8 heteroatoms. The average Bonchev–Trinajstić information content (AvgIpc) is 2.79. The number of halogens is 1. The number of rotatable bonds is 7. The van der Waals surface area contributed by atoms with Gasteiger partial charge in [-0.3, -0.25) is 15.5 Å². The van der Waals surface area contributed by atoms with Crippen molar-refractivity contribution in [1.29, 1.82) is 0 Å². The normalized spacial score (nSPS) is 11.0. The minimum absolute atomic E-state index is 0.0666. The molecule has 0 saturated carbocycles. The summed E-state index contributed by atoms with van der Waals surface area (Å²) < 4.78 is 6.94. The number of hydrogen-bond donors (Lipinski definition) is 1. The fraction of sp³-hybridized carbons (Fsp3) is 0.0435. The number of hydrazone groups is 1. The molecule has 0 spiro atoms. The second kappa shape index (κ2) is 9.36. The molecule has 1 heterocycles. The number of aromatic nitrogens is 1. The molecule has 0 aliphatic heterocycles. The zero-order valence-corrected chi connectivity index (χ0v) is 17.8. The van der Waals surface area contributed by atoms with Gasteiger partial charge in [0, 0.05) is 22.3 Å². The van der Waals surface area contributed by atoms with Gasteiger partial charge in [0.2, 0.25) is 5.82 Å². The van der Waals surface area contributed by atoms with Gasteiger partial charge in [0.15, 0.2) is 0 Å². The van der Waals surface area contributed by atoms with Gasteiger partial charge in [-0.05, 0) is 40.6 Å². The van der Waals surface area contributed by atoms with E-state index in [-0.39, 0.29) is 11.5 Å². The van der Waals surface area contributed by atoms with Crippen LogP contribution in [0.1, 0.15) is 11.1 Å². The zero-order valence-electron chi connectivity index (χ0n) is 16.2. The topological polar surface area (TPSA) is 89.7 Å². The van der Waals surface area contributed by atoms with Gasteiger partial charge in [0.05, 0.1) is 11.1 Å².